The van der Waals surface area contributed by atoms with Crippen LogP contribution in [0.2, 0.25) is 0 Å². The van der Waals surface area contributed by atoms with E-state index in [-0.39, 0.29) is 51.0 Å². The van der Waals surface area contributed by atoms with E-state index >= 15 is 0 Å². The number of carboxylic acids is 1. The van der Waals surface area contributed by atoms with E-state index in [9.17, 15) is 19.5 Å². The Morgan fingerprint density at radius 1 is 0.885 bits per heavy atom. The lowest BCUT2D eigenvalue weighted by atomic mass is 9.33. The Labute approximate surface area is 315 Å². The number of hydrogen-bond acceptors (Lipinski definition) is 6. The van der Waals surface area contributed by atoms with Crippen molar-refractivity contribution in [2.75, 3.05) is 26.2 Å². The second kappa shape index (κ2) is 13.2. The van der Waals surface area contributed by atoms with Gasteiger partial charge in [-0.25, -0.2) is 0 Å². The molecule has 6 aliphatic carbocycles. The molecule has 7 aliphatic rings. The summed E-state index contributed by atoms with van der Waals surface area (Å²) in [6.45, 7) is 25.3. The molecule has 0 aromatic heterocycles. The van der Waals surface area contributed by atoms with Gasteiger partial charge < -0.3 is 20.5 Å². The Hall–Kier alpha value is -1.73. The molecule has 0 amide bonds. The van der Waals surface area contributed by atoms with Gasteiger partial charge >= 0.3 is 11.9 Å². The lowest BCUT2D eigenvalue weighted by molar-refractivity contribution is -0.236. The van der Waals surface area contributed by atoms with Crippen LogP contribution in [0.5, 0.6) is 0 Å². The number of fused-ring (bicyclic) bond motifs is 7. The summed E-state index contributed by atoms with van der Waals surface area (Å²) >= 11 is 0. The molecule has 7 rings (SSSR count). The highest BCUT2D eigenvalue weighted by Crippen LogP contribution is 2.77. The van der Waals surface area contributed by atoms with Crippen LogP contribution < -0.4 is 10.6 Å². The quantitative estimate of drug-likeness (QED) is 0.162. The molecule has 11 atom stereocenters. The van der Waals surface area contributed by atoms with Crippen LogP contribution in [0, 0.1) is 73.9 Å². The molecular formula is C45H72N2O5. The SMILES string of the molecule is CC(C)C1=C2[C@H]3CC[C@@H]4[C@@]5(C)CC[C@H](OC(=O)[C@H]6C[C@@H](C(=O)O)C6(C)C)C(C)(C)[C@@H]5CC[C@@]4(C)[C@]3(C)CC[C@@]2(CCNC[C@@H]2CCCNC2)CC1=O. The number of Topliss-reactive ketones (excluding diaryl/α,β-unsaturated/α-hetero) is 1. The third kappa shape index (κ3) is 5.64. The van der Waals surface area contributed by atoms with Gasteiger partial charge in [0, 0.05) is 17.3 Å². The molecule has 7 heteroatoms. The average Bonchev–Trinajstić information content (AvgIpc) is 3.37. The molecule has 7 nitrogen and oxygen atoms in total. The largest absolute Gasteiger partial charge is 0.481 e. The van der Waals surface area contributed by atoms with Gasteiger partial charge in [-0.15, -0.1) is 0 Å². The van der Waals surface area contributed by atoms with Crippen molar-refractivity contribution in [1.82, 2.24) is 10.6 Å². The van der Waals surface area contributed by atoms with Crippen LogP contribution in [0.3, 0.4) is 0 Å². The molecule has 1 heterocycles. The maximum absolute atomic E-state index is 14.0. The zero-order valence-electron chi connectivity index (χ0n) is 34.2. The lowest BCUT2D eigenvalue weighted by Gasteiger charge is -2.72. The zero-order valence-corrected chi connectivity index (χ0v) is 34.2. The van der Waals surface area contributed by atoms with Gasteiger partial charge in [-0.2, -0.15) is 0 Å². The van der Waals surface area contributed by atoms with Gasteiger partial charge in [0.15, 0.2) is 5.78 Å². The van der Waals surface area contributed by atoms with Gasteiger partial charge in [0.25, 0.3) is 0 Å². The van der Waals surface area contributed by atoms with Crippen molar-refractivity contribution in [3.8, 4) is 0 Å². The van der Waals surface area contributed by atoms with Gasteiger partial charge in [-0.05, 0) is 160 Å². The average molecular weight is 721 g/mol. The molecule has 3 N–H and O–H groups in total. The summed E-state index contributed by atoms with van der Waals surface area (Å²) in [6.07, 6.45) is 13.6. The second-order valence-electron chi connectivity index (χ2n) is 21.4. The van der Waals surface area contributed by atoms with E-state index in [0.29, 0.717) is 35.9 Å². The minimum Gasteiger partial charge on any atom is -0.481 e. The molecule has 0 aromatic carbocycles. The van der Waals surface area contributed by atoms with Crippen molar-refractivity contribution in [2.45, 2.75) is 152 Å². The number of nitrogens with one attached hydrogen (secondary N) is 2. The van der Waals surface area contributed by atoms with Crippen LogP contribution >= 0.6 is 0 Å². The number of rotatable bonds is 9. The van der Waals surface area contributed by atoms with Gasteiger partial charge in [-0.3, -0.25) is 14.4 Å². The molecule has 0 unspecified atom stereocenters. The third-order valence-corrected chi connectivity index (χ3v) is 18.2. The second-order valence-corrected chi connectivity index (χ2v) is 21.4. The molecule has 52 heavy (non-hydrogen) atoms. The van der Waals surface area contributed by atoms with Crippen LogP contribution in [0.4, 0.5) is 0 Å². The minimum absolute atomic E-state index is 0.0202. The van der Waals surface area contributed by atoms with E-state index in [4.69, 9.17) is 4.74 Å². The predicted molar refractivity (Wildman–Crippen MR) is 205 cm³/mol. The highest BCUT2D eigenvalue weighted by atomic mass is 16.5. The van der Waals surface area contributed by atoms with Crippen molar-refractivity contribution in [2.24, 2.45) is 73.9 Å². The summed E-state index contributed by atoms with van der Waals surface area (Å²) in [5.74, 6) is 1.11. The number of esters is 1. The van der Waals surface area contributed by atoms with Crippen molar-refractivity contribution >= 4 is 17.7 Å². The maximum atomic E-state index is 14.0. The molecule has 5 saturated carbocycles. The highest BCUT2D eigenvalue weighted by molar-refractivity contribution is 6.00. The van der Waals surface area contributed by atoms with E-state index in [1.54, 1.807) is 5.57 Å². The van der Waals surface area contributed by atoms with Crippen molar-refractivity contribution in [3.05, 3.63) is 11.1 Å². The predicted octanol–water partition coefficient (Wildman–Crippen LogP) is 8.61. The van der Waals surface area contributed by atoms with E-state index in [1.165, 1.54) is 44.1 Å². The van der Waals surface area contributed by atoms with Crippen LogP contribution in [0.25, 0.3) is 0 Å². The fraction of sp³-hybridized carbons (Fsp3) is 0.889. The van der Waals surface area contributed by atoms with Gasteiger partial charge in [0.05, 0.1) is 11.8 Å². The lowest BCUT2D eigenvalue weighted by Crippen LogP contribution is -2.66. The van der Waals surface area contributed by atoms with Gasteiger partial charge in [0.1, 0.15) is 6.10 Å². The number of carboxylic acid groups (broad SMARTS) is 1. The number of allylic oxidation sites excluding steroid dienone is 2. The summed E-state index contributed by atoms with van der Waals surface area (Å²) < 4.78 is 6.43. The highest BCUT2D eigenvalue weighted by Gasteiger charge is 2.70. The first kappa shape index (κ1) is 38.5. The number of carbonyl (C=O) groups is 3. The van der Waals surface area contributed by atoms with Crippen LogP contribution in [-0.2, 0) is 19.1 Å². The third-order valence-electron chi connectivity index (χ3n) is 18.2. The van der Waals surface area contributed by atoms with Crippen LogP contribution in [0.1, 0.15) is 146 Å². The molecule has 0 spiro atoms. The summed E-state index contributed by atoms with van der Waals surface area (Å²) in [7, 11) is 0. The molecule has 292 valence electrons. The topological polar surface area (TPSA) is 105 Å². The Kier molecular flexibility index (Phi) is 9.78. The fourth-order valence-electron chi connectivity index (χ4n) is 14.9. The molecule has 1 aliphatic heterocycles. The molecular weight excluding hydrogens is 649 g/mol. The summed E-state index contributed by atoms with van der Waals surface area (Å²) in [6, 6.07) is 0. The number of ketones is 1. The first-order valence-electron chi connectivity index (χ1n) is 21.5. The Morgan fingerprint density at radius 3 is 2.29 bits per heavy atom. The van der Waals surface area contributed by atoms with Crippen molar-refractivity contribution < 1.29 is 24.2 Å². The van der Waals surface area contributed by atoms with E-state index in [2.05, 4.69) is 59.1 Å². The first-order chi connectivity index (χ1) is 24.3. The Bertz CT molecular complexity index is 1480. The van der Waals surface area contributed by atoms with E-state index in [1.807, 2.05) is 13.8 Å². The maximum Gasteiger partial charge on any atom is 0.309 e. The molecule has 0 aromatic rings. The fourth-order valence-corrected chi connectivity index (χ4v) is 14.9. The number of ether oxygens (including phenoxy) is 1. The summed E-state index contributed by atoms with van der Waals surface area (Å²) in [5, 5.41) is 17.1. The monoisotopic (exact) mass is 721 g/mol. The van der Waals surface area contributed by atoms with E-state index in [0.717, 1.165) is 64.7 Å². The van der Waals surface area contributed by atoms with Crippen LogP contribution in [-0.4, -0.2) is 55.1 Å². The van der Waals surface area contributed by atoms with Crippen molar-refractivity contribution in [1.29, 1.82) is 0 Å². The normalized spacial score (nSPS) is 45.0. The summed E-state index contributed by atoms with van der Waals surface area (Å²) in [5.41, 5.74) is 2.57. The number of hydrogen-bond donors (Lipinski definition) is 3. The Morgan fingerprint density at radius 2 is 1.63 bits per heavy atom. The number of carbonyl (C=O) groups excluding carboxylic acids is 2. The molecule has 0 bridgehead atoms. The zero-order chi connectivity index (χ0) is 37.6. The van der Waals surface area contributed by atoms with E-state index < -0.39 is 17.3 Å². The van der Waals surface area contributed by atoms with Crippen molar-refractivity contribution in [3.63, 3.8) is 0 Å². The smallest absolute Gasteiger partial charge is 0.309 e. The standard InChI is InChI=1S/C45H72N2O5/c1-27(2)36-32(48)24-45(20-22-47-26-28-11-10-21-46-25-28)19-18-43(8)29(37(36)45)12-13-34-42(7)16-15-35(41(5,6)33(42)14-17-44(34,43)9)52-39(51)31-23-30(38(49)50)40(31,3)4/h27-31,33-35,46-47H,10-26H2,1-9H3,(H,49,50)/t28-,29-,30+,31-,33+,34-,35+,42+,43-,44-,45-/m1/s1. The molecule has 1 saturated heterocycles. The molecule has 0 radical (unpaired) electrons. The Balaban J connectivity index is 1.10. The van der Waals surface area contributed by atoms with Gasteiger partial charge in [0.2, 0.25) is 0 Å². The van der Waals surface area contributed by atoms with Crippen LogP contribution in [0.15, 0.2) is 11.1 Å². The minimum atomic E-state index is -0.809. The number of aliphatic carboxylic acids is 1. The first-order valence-corrected chi connectivity index (χ1v) is 21.5. The van der Waals surface area contributed by atoms with Gasteiger partial charge in [-0.1, -0.05) is 67.9 Å². The number of piperidine rings is 1. The summed E-state index contributed by atoms with van der Waals surface area (Å²) in [4.78, 5) is 39.4. The molecule has 6 fully saturated rings.